The number of hydrogen-bond acceptors (Lipinski definition) is 5. The molecule has 0 fully saturated rings. The second kappa shape index (κ2) is 11.4. The van der Waals surface area contributed by atoms with Crippen LogP contribution < -0.4 is 16.4 Å². The van der Waals surface area contributed by atoms with Crippen molar-refractivity contribution in [2.24, 2.45) is 5.73 Å². The number of aliphatic hydroxyl groups is 2. The van der Waals surface area contributed by atoms with Crippen LogP contribution in [0.4, 0.5) is 0 Å². The van der Waals surface area contributed by atoms with E-state index in [9.17, 15) is 15.0 Å². The molecule has 5 unspecified atom stereocenters. The third kappa shape index (κ3) is 6.10. The number of benzene rings is 3. The van der Waals surface area contributed by atoms with Gasteiger partial charge in [-0.2, -0.15) is 0 Å². The Hall–Kier alpha value is -3.03. The predicted molar refractivity (Wildman–Crippen MR) is 133 cm³/mol. The number of carbonyl (C=O) groups is 1. The summed E-state index contributed by atoms with van der Waals surface area (Å²) < 4.78 is 0. The highest BCUT2D eigenvalue weighted by Crippen LogP contribution is 2.31. The second-order valence-corrected chi connectivity index (χ2v) is 9.03. The number of amides is 1. The zero-order chi connectivity index (χ0) is 23.9. The van der Waals surface area contributed by atoms with E-state index in [4.69, 9.17) is 5.73 Å². The first kappa shape index (κ1) is 24.1. The fraction of sp³-hybridized carbons (Fsp3) is 0.321. The maximum Gasteiger partial charge on any atom is 0.238 e. The summed E-state index contributed by atoms with van der Waals surface area (Å²) >= 11 is 0. The first-order valence-corrected chi connectivity index (χ1v) is 11.8. The molecule has 0 aliphatic heterocycles. The van der Waals surface area contributed by atoms with Gasteiger partial charge in [0.25, 0.3) is 0 Å². The molecule has 3 aromatic carbocycles. The maximum absolute atomic E-state index is 13.3. The molecule has 5 atom stereocenters. The van der Waals surface area contributed by atoms with Gasteiger partial charge in [-0.15, -0.1) is 0 Å². The van der Waals surface area contributed by atoms with Crippen molar-refractivity contribution in [3.63, 3.8) is 0 Å². The molecule has 0 saturated heterocycles. The van der Waals surface area contributed by atoms with E-state index in [1.54, 1.807) is 0 Å². The zero-order valence-corrected chi connectivity index (χ0v) is 19.2. The lowest BCUT2D eigenvalue weighted by Gasteiger charge is -2.26. The van der Waals surface area contributed by atoms with Crippen LogP contribution in [0, 0.1) is 0 Å². The highest BCUT2D eigenvalue weighted by molar-refractivity contribution is 5.82. The summed E-state index contributed by atoms with van der Waals surface area (Å²) in [7, 11) is 0. The molecule has 6 nitrogen and oxygen atoms in total. The number of aliphatic hydroxyl groups excluding tert-OH is 2. The van der Waals surface area contributed by atoms with Crippen molar-refractivity contribution in [1.29, 1.82) is 0 Å². The third-order valence-electron chi connectivity index (χ3n) is 6.48. The normalized spacial score (nSPS) is 19.7. The van der Waals surface area contributed by atoms with Gasteiger partial charge in [-0.3, -0.25) is 4.79 Å². The minimum atomic E-state index is -0.816. The minimum Gasteiger partial charge on any atom is -0.390 e. The molecule has 4 rings (SSSR count). The number of carbonyl (C=O) groups excluding carboxylic acids is 1. The quantitative estimate of drug-likeness (QED) is 0.318. The fourth-order valence-corrected chi connectivity index (χ4v) is 4.55. The molecule has 1 aliphatic carbocycles. The number of fused-ring (bicyclic) bond motifs is 1. The largest absolute Gasteiger partial charge is 0.390 e. The summed E-state index contributed by atoms with van der Waals surface area (Å²) in [6, 6.07) is 25.8. The minimum absolute atomic E-state index is 0.183. The summed E-state index contributed by atoms with van der Waals surface area (Å²) in [6.07, 6.45) is 0.0419. The van der Waals surface area contributed by atoms with Gasteiger partial charge in [0, 0.05) is 19.0 Å². The predicted octanol–water partition coefficient (Wildman–Crippen LogP) is 1.89. The molecule has 178 valence electrons. The van der Waals surface area contributed by atoms with Crippen molar-refractivity contribution in [2.45, 2.75) is 49.6 Å². The summed E-state index contributed by atoms with van der Waals surface area (Å²) in [5.74, 6) is -0.214. The third-order valence-corrected chi connectivity index (χ3v) is 6.48. The average Bonchev–Trinajstić information content (AvgIpc) is 3.17. The van der Waals surface area contributed by atoms with Gasteiger partial charge in [0.1, 0.15) is 0 Å². The van der Waals surface area contributed by atoms with Gasteiger partial charge in [-0.25, -0.2) is 0 Å². The average molecular weight is 460 g/mol. The standard InChI is InChI=1S/C28H33N3O3/c29-23(15-19-9-3-1-4-10-19)26(33)18-30-24(16-20-11-5-2-6-12-20)28(34)31-27-22-14-8-7-13-21(22)17-25(27)32/h1-14,23-27,30,32-33H,15-18,29H2,(H,31,34). The van der Waals surface area contributed by atoms with E-state index in [0.717, 1.165) is 22.3 Å². The first-order chi connectivity index (χ1) is 16.5. The van der Waals surface area contributed by atoms with E-state index in [1.165, 1.54) is 0 Å². The molecule has 6 heteroatoms. The number of rotatable bonds is 10. The molecule has 0 heterocycles. The SMILES string of the molecule is NC(Cc1ccccc1)C(O)CNC(Cc1ccccc1)C(=O)NC1c2ccccc2CC1O. The molecule has 3 aromatic rings. The van der Waals surface area contributed by atoms with E-state index < -0.39 is 30.3 Å². The Bertz CT molecular complexity index is 1060. The number of nitrogens with one attached hydrogen (secondary N) is 2. The molecule has 34 heavy (non-hydrogen) atoms. The van der Waals surface area contributed by atoms with Crippen LogP contribution in [0.25, 0.3) is 0 Å². The Labute approximate surface area is 200 Å². The Kier molecular flexibility index (Phi) is 8.08. The van der Waals surface area contributed by atoms with Crippen LogP contribution in [-0.2, 0) is 24.1 Å². The molecule has 0 spiro atoms. The summed E-state index contributed by atoms with van der Waals surface area (Å²) in [4.78, 5) is 13.3. The van der Waals surface area contributed by atoms with Crippen LogP contribution in [0.2, 0.25) is 0 Å². The van der Waals surface area contributed by atoms with Gasteiger partial charge in [0.05, 0.1) is 24.3 Å². The lowest BCUT2D eigenvalue weighted by atomic mass is 10.0. The van der Waals surface area contributed by atoms with Gasteiger partial charge in [-0.1, -0.05) is 84.9 Å². The van der Waals surface area contributed by atoms with Crippen molar-refractivity contribution in [2.75, 3.05) is 6.54 Å². The molecule has 1 aliphatic rings. The van der Waals surface area contributed by atoms with Gasteiger partial charge in [-0.05, 0) is 35.1 Å². The van der Waals surface area contributed by atoms with Gasteiger partial charge in [0.15, 0.2) is 0 Å². The Morgan fingerprint density at radius 1 is 0.912 bits per heavy atom. The van der Waals surface area contributed by atoms with Gasteiger partial charge < -0.3 is 26.6 Å². The van der Waals surface area contributed by atoms with Crippen LogP contribution in [0.3, 0.4) is 0 Å². The summed E-state index contributed by atoms with van der Waals surface area (Å²) in [5, 5.41) is 27.5. The van der Waals surface area contributed by atoms with E-state index in [1.807, 2.05) is 84.9 Å². The number of hydrogen-bond donors (Lipinski definition) is 5. The topological polar surface area (TPSA) is 108 Å². The van der Waals surface area contributed by atoms with E-state index in [-0.39, 0.29) is 12.5 Å². The maximum atomic E-state index is 13.3. The van der Waals surface area contributed by atoms with E-state index in [0.29, 0.717) is 19.3 Å². The van der Waals surface area contributed by atoms with Gasteiger partial charge in [0.2, 0.25) is 5.91 Å². The molecule has 1 amide bonds. The summed E-state index contributed by atoms with van der Waals surface area (Å²) in [5.41, 5.74) is 10.3. The molecular weight excluding hydrogens is 426 g/mol. The highest BCUT2D eigenvalue weighted by atomic mass is 16.3. The van der Waals surface area contributed by atoms with Crippen molar-refractivity contribution in [1.82, 2.24) is 10.6 Å². The zero-order valence-electron chi connectivity index (χ0n) is 19.2. The molecule has 0 saturated carbocycles. The lowest BCUT2D eigenvalue weighted by Crippen LogP contribution is -2.52. The Balaban J connectivity index is 1.42. The van der Waals surface area contributed by atoms with Crippen LogP contribution >= 0.6 is 0 Å². The molecule has 0 aromatic heterocycles. The van der Waals surface area contributed by atoms with Gasteiger partial charge >= 0.3 is 0 Å². The smallest absolute Gasteiger partial charge is 0.238 e. The Morgan fingerprint density at radius 2 is 1.50 bits per heavy atom. The van der Waals surface area contributed by atoms with E-state index in [2.05, 4.69) is 10.6 Å². The molecule has 0 radical (unpaired) electrons. The first-order valence-electron chi connectivity index (χ1n) is 11.8. The summed E-state index contributed by atoms with van der Waals surface area (Å²) in [6.45, 7) is 0.183. The van der Waals surface area contributed by atoms with Crippen LogP contribution in [-0.4, -0.2) is 47.0 Å². The molecular formula is C28H33N3O3. The molecule has 0 bridgehead atoms. The van der Waals surface area contributed by atoms with Crippen LogP contribution in [0.15, 0.2) is 84.9 Å². The van der Waals surface area contributed by atoms with Crippen LogP contribution in [0.5, 0.6) is 0 Å². The fourth-order valence-electron chi connectivity index (χ4n) is 4.55. The van der Waals surface area contributed by atoms with Crippen molar-refractivity contribution in [3.8, 4) is 0 Å². The second-order valence-electron chi connectivity index (χ2n) is 9.03. The number of nitrogens with two attached hydrogens (primary N) is 1. The lowest BCUT2D eigenvalue weighted by molar-refractivity contribution is -0.124. The van der Waals surface area contributed by atoms with Crippen molar-refractivity contribution < 1.29 is 15.0 Å². The van der Waals surface area contributed by atoms with E-state index >= 15 is 0 Å². The molecule has 6 N–H and O–H groups in total. The Morgan fingerprint density at radius 3 is 2.18 bits per heavy atom. The highest BCUT2D eigenvalue weighted by Gasteiger charge is 2.33. The van der Waals surface area contributed by atoms with Crippen molar-refractivity contribution in [3.05, 3.63) is 107 Å². The van der Waals surface area contributed by atoms with Crippen molar-refractivity contribution >= 4 is 5.91 Å². The van der Waals surface area contributed by atoms with Crippen LogP contribution in [0.1, 0.15) is 28.3 Å². The monoisotopic (exact) mass is 459 g/mol.